The van der Waals surface area contributed by atoms with Crippen molar-refractivity contribution >= 4 is 0 Å². The average molecular weight is 189 g/mol. The zero-order valence-electron chi connectivity index (χ0n) is 7.61. The average Bonchev–Trinajstić information content (AvgIpc) is 2.50. The standard InChI is InChI=1S/C8H13F2N3/c1-5(2)13-4-6(3-12-13)7(11)8(9)10/h3-5,7-8H,11H2,1-2H3. The molecule has 0 bridgehead atoms. The number of aromatic nitrogens is 2. The molecule has 1 heterocycles. The van der Waals surface area contributed by atoms with Gasteiger partial charge < -0.3 is 5.73 Å². The molecule has 0 radical (unpaired) electrons. The molecule has 0 amide bonds. The fourth-order valence-electron chi connectivity index (χ4n) is 0.953. The van der Waals surface area contributed by atoms with E-state index in [1.807, 2.05) is 13.8 Å². The van der Waals surface area contributed by atoms with Crippen molar-refractivity contribution in [1.82, 2.24) is 9.78 Å². The van der Waals surface area contributed by atoms with Crippen LogP contribution in [0.3, 0.4) is 0 Å². The van der Waals surface area contributed by atoms with Crippen molar-refractivity contribution < 1.29 is 8.78 Å². The Morgan fingerprint density at radius 2 is 2.08 bits per heavy atom. The summed E-state index contributed by atoms with van der Waals surface area (Å²) in [6.45, 7) is 3.84. The Hall–Kier alpha value is -0.970. The van der Waals surface area contributed by atoms with Gasteiger partial charge in [-0.1, -0.05) is 0 Å². The molecule has 1 aromatic heterocycles. The van der Waals surface area contributed by atoms with Crippen molar-refractivity contribution in [2.75, 3.05) is 0 Å². The summed E-state index contributed by atoms with van der Waals surface area (Å²) in [5.74, 6) is 0. The van der Waals surface area contributed by atoms with Crippen LogP contribution >= 0.6 is 0 Å². The molecule has 0 fully saturated rings. The van der Waals surface area contributed by atoms with E-state index in [0.29, 0.717) is 5.56 Å². The minimum absolute atomic E-state index is 0.165. The van der Waals surface area contributed by atoms with Gasteiger partial charge in [0.15, 0.2) is 0 Å². The number of halogens is 2. The molecule has 0 spiro atoms. The van der Waals surface area contributed by atoms with Gasteiger partial charge in [0.1, 0.15) is 0 Å². The van der Waals surface area contributed by atoms with E-state index in [0.717, 1.165) is 0 Å². The van der Waals surface area contributed by atoms with Gasteiger partial charge in [-0.25, -0.2) is 8.78 Å². The van der Waals surface area contributed by atoms with Crippen LogP contribution in [0, 0.1) is 0 Å². The molecule has 74 valence electrons. The monoisotopic (exact) mass is 189 g/mol. The van der Waals surface area contributed by atoms with E-state index in [-0.39, 0.29) is 6.04 Å². The van der Waals surface area contributed by atoms with Crippen LogP contribution in [0.25, 0.3) is 0 Å². The Morgan fingerprint density at radius 1 is 1.46 bits per heavy atom. The highest BCUT2D eigenvalue weighted by molar-refractivity contribution is 5.10. The third kappa shape index (κ3) is 2.24. The summed E-state index contributed by atoms with van der Waals surface area (Å²) in [4.78, 5) is 0. The molecule has 1 unspecified atom stereocenters. The summed E-state index contributed by atoms with van der Waals surface area (Å²) < 4.78 is 25.9. The molecule has 0 saturated heterocycles. The normalized spacial score (nSPS) is 14.1. The molecule has 0 aliphatic rings. The summed E-state index contributed by atoms with van der Waals surface area (Å²) in [5.41, 5.74) is 5.63. The molecule has 2 N–H and O–H groups in total. The lowest BCUT2D eigenvalue weighted by Gasteiger charge is -2.07. The second kappa shape index (κ2) is 3.83. The van der Waals surface area contributed by atoms with E-state index in [4.69, 9.17) is 5.73 Å². The van der Waals surface area contributed by atoms with Gasteiger partial charge in [0.2, 0.25) is 0 Å². The number of rotatable bonds is 3. The van der Waals surface area contributed by atoms with E-state index in [9.17, 15) is 8.78 Å². The number of nitrogens with two attached hydrogens (primary N) is 1. The summed E-state index contributed by atoms with van der Waals surface area (Å²) >= 11 is 0. The van der Waals surface area contributed by atoms with Crippen LogP contribution in [0.2, 0.25) is 0 Å². The first-order chi connectivity index (χ1) is 6.02. The first-order valence-corrected chi connectivity index (χ1v) is 4.10. The summed E-state index contributed by atoms with van der Waals surface area (Å²) in [6, 6.07) is -1.06. The predicted octanol–water partition coefficient (Wildman–Crippen LogP) is 1.73. The third-order valence-electron chi connectivity index (χ3n) is 1.81. The van der Waals surface area contributed by atoms with E-state index in [1.165, 1.54) is 6.20 Å². The van der Waals surface area contributed by atoms with Gasteiger partial charge in [-0.3, -0.25) is 4.68 Å². The van der Waals surface area contributed by atoms with Gasteiger partial charge in [0.25, 0.3) is 6.43 Å². The molecule has 1 rings (SSSR count). The highest BCUT2D eigenvalue weighted by Crippen LogP contribution is 2.17. The molecular weight excluding hydrogens is 176 g/mol. The maximum Gasteiger partial charge on any atom is 0.257 e. The Balaban J connectivity index is 2.79. The molecule has 0 aromatic carbocycles. The van der Waals surface area contributed by atoms with Crippen molar-refractivity contribution in [3.63, 3.8) is 0 Å². The molecule has 1 atom stereocenters. The van der Waals surface area contributed by atoms with E-state index in [2.05, 4.69) is 5.10 Å². The van der Waals surface area contributed by atoms with E-state index >= 15 is 0 Å². The zero-order valence-corrected chi connectivity index (χ0v) is 7.61. The third-order valence-corrected chi connectivity index (χ3v) is 1.81. The zero-order chi connectivity index (χ0) is 10.0. The maximum absolute atomic E-state index is 12.2. The van der Waals surface area contributed by atoms with Gasteiger partial charge in [-0.2, -0.15) is 5.10 Å². The van der Waals surface area contributed by atoms with Crippen LogP contribution in [0.5, 0.6) is 0 Å². The first kappa shape index (κ1) is 10.1. The fourth-order valence-corrected chi connectivity index (χ4v) is 0.953. The van der Waals surface area contributed by atoms with Crippen molar-refractivity contribution in [1.29, 1.82) is 0 Å². The number of nitrogens with zero attached hydrogens (tertiary/aromatic N) is 2. The maximum atomic E-state index is 12.2. The van der Waals surface area contributed by atoms with Crippen LogP contribution < -0.4 is 5.73 Å². The van der Waals surface area contributed by atoms with Crippen molar-refractivity contribution in [2.45, 2.75) is 32.4 Å². The number of alkyl halides is 2. The van der Waals surface area contributed by atoms with Crippen molar-refractivity contribution in [3.8, 4) is 0 Å². The Labute approximate surface area is 75.5 Å². The highest BCUT2D eigenvalue weighted by atomic mass is 19.3. The quantitative estimate of drug-likeness (QED) is 0.786. The molecule has 0 aliphatic heterocycles. The van der Waals surface area contributed by atoms with Crippen molar-refractivity contribution in [3.05, 3.63) is 18.0 Å². The number of hydrogen-bond donors (Lipinski definition) is 1. The Bertz CT molecular complexity index is 270. The van der Waals surface area contributed by atoms with Gasteiger partial charge in [-0.05, 0) is 13.8 Å². The topological polar surface area (TPSA) is 43.8 Å². The molecule has 1 aromatic rings. The minimum Gasteiger partial charge on any atom is -0.319 e. The smallest absolute Gasteiger partial charge is 0.257 e. The van der Waals surface area contributed by atoms with Crippen molar-refractivity contribution in [2.24, 2.45) is 5.73 Å². The summed E-state index contributed by atoms with van der Waals surface area (Å²) in [5, 5.41) is 3.92. The molecule has 3 nitrogen and oxygen atoms in total. The molecule has 13 heavy (non-hydrogen) atoms. The number of hydrogen-bond acceptors (Lipinski definition) is 2. The lowest BCUT2D eigenvalue weighted by Crippen LogP contribution is -2.18. The first-order valence-electron chi connectivity index (χ1n) is 4.10. The van der Waals surface area contributed by atoms with Crippen LogP contribution in [-0.2, 0) is 0 Å². The Morgan fingerprint density at radius 3 is 2.46 bits per heavy atom. The lowest BCUT2D eigenvalue weighted by atomic mass is 10.2. The van der Waals surface area contributed by atoms with E-state index < -0.39 is 12.5 Å². The SMILES string of the molecule is CC(C)n1cc(C(N)C(F)F)cn1. The van der Waals surface area contributed by atoms with Gasteiger partial charge in [0, 0.05) is 17.8 Å². The second-order valence-corrected chi connectivity index (χ2v) is 3.21. The summed E-state index contributed by atoms with van der Waals surface area (Å²) in [7, 11) is 0. The van der Waals surface area contributed by atoms with Crippen LogP contribution in [0.4, 0.5) is 8.78 Å². The highest BCUT2D eigenvalue weighted by Gasteiger charge is 2.19. The van der Waals surface area contributed by atoms with Crippen LogP contribution in [0.15, 0.2) is 12.4 Å². The lowest BCUT2D eigenvalue weighted by molar-refractivity contribution is 0.116. The largest absolute Gasteiger partial charge is 0.319 e. The predicted molar refractivity (Wildman–Crippen MR) is 45.5 cm³/mol. The van der Waals surface area contributed by atoms with Gasteiger partial charge in [0.05, 0.1) is 12.2 Å². The molecular formula is C8H13F2N3. The van der Waals surface area contributed by atoms with Crippen LogP contribution in [0.1, 0.15) is 31.5 Å². The molecule has 0 saturated carbocycles. The fraction of sp³-hybridized carbons (Fsp3) is 0.625. The van der Waals surface area contributed by atoms with Gasteiger partial charge in [-0.15, -0.1) is 0 Å². The minimum atomic E-state index is -2.54. The Kier molecular flexibility index (Phi) is 2.98. The van der Waals surface area contributed by atoms with Crippen LogP contribution in [-0.4, -0.2) is 16.2 Å². The molecule has 0 aliphatic carbocycles. The van der Waals surface area contributed by atoms with E-state index in [1.54, 1.807) is 10.9 Å². The van der Waals surface area contributed by atoms with Gasteiger partial charge >= 0.3 is 0 Å². The second-order valence-electron chi connectivity index (χ2n) is 3.21. The summed E-state index contributed by atoms with van der Waals surface area (Å²) in [6.07, 6.45) is 0.406. The molecule has 5 heteroatoms.